The molecule has 0 radical (unpaired) electrons. The van der Waals surface area contributed by atoms with Crippen LogP contribution in [0, 0.1) is 0 Å². The van der Waals surface area contributed by atoms with Gasteiger partial charge in [-0.1, -0.05) is 36.4 Å². The van der Waals surface area contributed by atoms with Crippen LogP contribution in [0.15, 0.2) is 60.9 Å². The molecule has 39 heavy (non-hydrogen) atoms. The summed E-state index contributed by atoms with van der Waals surface area (Å²) in [6.45, 7) is 0.400. The summed E-state index contributed by atoms with van der Waals surface area (Å²) < 4.78 is 68.6. The van der Waals surface area contributed by atoms with Crippen LogP contribution in [0.4, 0.5) is 26.3 Å². The zero-order valence-electron chi connectivity index (χ0n) is 19.9. The quantitative estimate of drug-likeness (QED) is 0.283. The summed E-state index contributed by atoms with van der Waals surface area (Å²) >= 11 is 0. The second-order valence-electron chi connectivity index (χ2n) is 7.26. The Kier molecular flexibility index (Phi) is 11.9. The average Bonchev–Trinajstić information content (AvgIpc) is 3.42. The number of benzene rings is 2. The van der Waals surface area contributed by atoms with Crippen molar-refractivity contribution in [2.45, 2.75) is 24.9 Å². The van der Waals surface area contributed by atoms with Crippen LogP contribution in [0.3, 0.4) is 0 Å². The standard InChI is InChI=1S/C19H20N4O2.2C2HF3O2/c1-25-17-4-2-3-13(9-17)10-21-19(24)18(20)15-7-5-14(6-8-15)16-11-22-23-12-16;2*3-2(4,5)1(6)7/h2-9,11-12,18H,10,20H2,1H3,(H,21,24)(H,22,23);2*(H,6,7). The number of aromatic nitrogens is 2. The summed E-state index contributed by atoms with van der Waals surface area (Å²) in [5, 5.41) is 23.8. The van der Waals surface area contributed by atoms with E-state index in [2.05, 4.69) is 15.5 Å². The van der Waals surface area contributed by atoms with E-state index in [4.69, 9.17) is 30.3 Å². The summed E-state index contributed by atoms with van der Waals surface area (Å²) in [7, 11) is 1.61. The number of methoxy groups -OCH3 is 1. The average molecular weight is 564 g/mol. The van der Waals surface area contributed by atoms with E-state index in [0.717, 1.165) is 28.0 Å². The van der Waals surface area contributed by atoms with E-state index in [1.807, 2.05) is 54.7 Å². The first-order valence-corrected chi connectivity index (χ1v) is 10.4. The second-order valence-corrected chi connectivity index (χ2v) is 7.26. The lowest BCUT2D eigenvalue weighted by atomic mass is 10.0. The molecule has 1 heterocycles. The number of alkyl halides is 6. The molecule has 6 N–H and O–H groups in total. The molecule has 1 aromatic heterocycles. The van der Waals surface area contributed by atoms with Crippen molar-refractivity contribution in [3.63, 3.8) is 0 Å². The third-order valence-electron chi connectivity index (χ3n) is 4.47. The topological polar surface area (TPSA) is 168 Å². The third-order valence-corrected chi connectivity index (χ3v) is 4.47. The molecule has 1 amide bonds. The van der Waals surface area contributed by atoms with Crippen molar-refractivity contribution in [2.75, 3.05) is 7.11 Å². The van der Waals surface area contributed by atoms with Crippen molar-refractivity contribution < 1.29 is 55.7 Å². The minimum Gasteiger partial charge on any atom is -0.497 e. The summed E-state index contributed by atoms with van der Waals surface area (Å²) in [6.07, 6.45) is -6.61. The molecule has 0 fully saturated rings. The van der Waals surface area contributed by atoms with E-state index in [-0.39, 0.29) is 5.91 Å². The Morgan fingerprint density at radius 3 is 1.95 bits per heavy atom. The van der Waals surface area contributed by atoms with Gasteiger partial charge in [0.25, 0.3) is 0 Å². The van der Waals surface area contributed by atoms with Gasteiger partial charge in [0.1, 0.15) is 11.8 Å². The first kappa shape index (κ1) is 32.4. The van der Waals surface area contributed by atoms with E-state index in [1.54, 1.807) is 13.3 Å². The number of nitrogens with zero attached hydrogens (tertiary/aromatic N) is 1. The number of amides is 1. The van der Waals surface area contributed by atoms with Crippen molar-refractivity contribution in [1.82, 2.24) is 15.5 Å². The highest BCUT2D eigenvalue weighted by molar-refractivity contribution is 5.83. The first-order valence-electron chi connectivity index (χ1n) is 10.4. The number of aliphatic carboxylic acids is 2. The smallest absolute Gasteiger partial charge is 0.490 e. The molecule has 0 saturated carbocycles. The number of carbonyl (C=O) groups excluding carboxylic acids is 1. The van der Waals surface area contributed by atoms with Crippen LogP contribution in [0.1, 0.15) is 17.2 Å². The maximum absolute atomic E-state index is 12.3. The second kappa shape index (κ2) is 14.4. The number of nitrogens with two attached hydrogens (primary N) is 1. The Hall–Kier alpha value is -4.60. The van der Waals surface area contributed by atoms with Crippen molar-refractivity contribution in [2.24, 2.45) is 5.73 Å². The molecule has 3 rings (SSSR count). The van der Waals surface area contributed by atoms with Crippen LogP contribution >= 0.6 is 0 Å². The van der Waals surface area contributed by atoms with Gasteiger partial charge >= 0.3 is 24.3 Å². The number of ether oxygens (including phenoxy) is 1. The summed E-state index contributed by atoms with van der Waals surface area (Å²) in [5.41, 5.74) is 9.79. The highest BCUT2D eigenvalue weighted by atomic mass is 19.4. The van der Waals surface area contributed by atoms with E-state index in [0.29, 0.717) is 6.54 Å². The molecule has 0 aliphatic carbocycles. The van der Waals surface area contributed by atoms with Crippen LogP contribution in [-0.4, -0.2) is 57.7 Å². The van der Waals surface area contributed by atoms with Crippen LogP contribution < -0.4 is 15.8 Å². The van der Waals surface area contributed by atoms with Gasteiger partial charge in [0.05, 0.1) is 13.3 Å². The Bertz CT molecular complexity index is 1190. The van der Waals surface area contributed by atoms with E-state index < -0.39 is 30.3 Å². The van der Waals surface area contributed by atoms with Gasteiger partial charge in [0.15, 0.2) is 0 Å². The number of hydrogen-bond donors (Lipinski definition) is 5. The van der Waals surface area contributed by atoms with Crippen molar-refractivity contribution in [1.29, 1.82) is 0 Å². The lowest BCUT2D eigenvalue weighted by molar-refractivity contribution is -0.193. The molecule has 0 bridgehead atoms. The van der Waals surface area contributed by atoms with Gasteiger partial charge < -0.3 is 26.0 Å². The Balaban J connectivity index is 0.000000449. The normalized spacial score (nSPS) is 11.6. The van der Waals surface area contributed by atoms with Gasteiger partial charge in [-0.15, -0.1) is 0 Å². The molecule has 0 aliphatic heterocycles. The molecule has 1 unspecified atom stereocenters. The SMILES string of the molecule is COc1cccc(CNC(=O)C(N)c2ccc(-c3cn[nH]c3)cc2)c1.O=C(O)C(F)(F)F.O=C(O)C(F)(F)F. The summed E-state index contributed by atoms with van der Waals surface area (Å²) in [4.78, 5) is 30.1. The molecule has 0 aliphatic rings. The lowest BCUT2D eigenvalue weighted by Crippen LogP contribution is -2.33. The number of rotatable bonds is 6. The van der Waals surface area contributed by atoms with Gasteiger partial charge in [0.2, 0.25) is 5.91 Å². The summed E-state index contributed by atoms with van der Waals surface area (Å²) in [6, 6.07) is 14.4. The van der Waals surface area contributed by atoms with Crippen molar-refractivity contribution in [3.8, 4) is 16.9 Å². The predicted molar refractivity (Wildman–Crippen MR) is 123 cm³/mol. The number of carbonyl (C=O) groups is 3. The Labute approximate surface area is 216 Å². The van der Waals surface area contributed by atoms with Crippen LogP contribution in [0.5, 0.6) is 5.75 Å². The van der Waals surface area contributed by atoms with Crippen LogP contribution in [0.2, 0.25) is 0 Å². The fraction of sp³-hybridized carbons (Fsp3) is 0.217. The zero-order valence-corrected chi connectivity index (χ0v) is 19.9. The fourth-order valence-electron chi connectivity index (χ4n) is 2.52. The minimum absolute atomic E-state index is 0.223. The van der Waals surface area contributed by atoms with E-state index >= 15 is 0 Å². The number of carboxylic acid groups (broad SMARTS) is 2. The largest absolute Gasteiger partial charge is 0.497 e. The number of carboxylic acids is 2. The fourth-order valence-corrected chi connectivity index (χ4v) is 2.52. The monoisotopic (exact) mass is 564 g/mol. The highest BCUT2D eigenvalue weighted by Gasteiger charge is 2.38. The van der Waals surface area contributed by atoms with Crippen molar-refractivity contribution >= 4 is 17.8 Å². The maximum atomic E-state index is 12.3. The van der Waals surface area contributed by atoms with Gasteiger partial charge in [-0.2, -0.15) is 31.4 Å². The summed E-state index contributed by atoms with van der Waals surface area (Å²) in [5.74, 6) is -4.98. The van der Waals surface area contributed by atoms with E-state index in [1.165, 1.54) is 0 Å². The Morgan fingerprint density at radius 2 is 1.51 bits per heavy atom. The molecule has 16 heteroatoms. The molecule has 2 aromatic carbocycles. The lowest BCUT2D eigenvalue weighted by Gasteiger charge is -2.13. The number of halogens is 6. The van der Waals surface area contributed by atoms with Gasteiger partial charge in [-0.25, -0.2) is 9.59 Å². The highest BCUT2D eigenvalue weighted by Crippen LogP contribution is 2.20. The van der Waals surface area contributed by atoms with Crippen LogP contribution in [-0.2, 0) is 20.9 Å². The predicted octanol–water partition coefficient (Wildman–Crippen LogP) is 3.67. The molecule has 212 valence electrons. The molecule has 0 saturated heterocycles. The maximum Gasteiger partial charge on any atom is 0.490 e. The van der Waals surface area contributed by atoms with Crippen LogP contribution in [0.25, 0.3) is 11.1 Å². The Morgan fingerprint density at radius 1 is 0.974 bits per heavy atom. The van der Waals surface area contributed by atoms with Gasteiger partial charge in [-0.05, 0) is 28.8 Å². The third kappa shape index (κ3) is 11.5. The molecule has 3 aromatic rings. The number of hydrogen-bond acceptors (Lipinski definition) is 6. The molecular weight excluding hydrogens is 542 g/mol. The zero-order chi connectivity index (χ0) is 29.8. The van der Waals surface area contributed by atoms with Gasteiger partial charge in [-0.3, -0.25) is 9.89 Å². The minimum atomic E-state index is -5.08. The van der Waals surface area contributed by atoms with E-state index in [9.17, 15) is 31.1 Å². The first-order chi connectivity index (χ1) is 18.1. The van der Waals surface area contributed by atoms with Crippen molar-refractivity contribution in [3.05, 3.63) is 72.1 Å². The van der Waals surface area contributed by atoms with Gasteiger partial charge in [0, 0.05) is 18.3 Å². The number of nitrogens with one attached hydrogen (secondary N) is 2. The molecule has 1 atom stereocenters. The molecule has 0 spiro atoms. The molecular formula is C23H22F6N4O6. The number of aromatic amines is 1. The molecule has 10 nitrogen and oxygen atoms in total. The number of H-pyrrole nitrogens is 1.